The number of para-hydroxylation sites is 6. The summed E-state index contributed by atoms with van der Waals surface area (Å²) >= 11 is 0. The van der Waals surface area contributed by atoms with E-state index in [0.29, 0.717) is 0 Å². The molecule has 1 N–H and O–H groups in total. The zero-order chi connectivity index (χ0) is 72.4. The second kappa shape index (κ2) is 25.9. The lowest BCUT2D eigenvalue weighted by Gasteiger charge is -2.39. The van der Waals surface area contributed by atoms with Crippen molar-refractivity contribution in [3.05, 3.63) is 319 Å². The third-order valence-corrected chi connectivity index (χ3v) is 26.3. The fourth-order valence-electron chi connectivity index (χ4n) is 20.7. The van der Waals surface area contributed by atoms with Gasteiger partial charge < -0.3 is 14.7 Å². The SMILES string of the molecule is CN1C(=CC=C2CCCC(C=CC3=[N+](C)c4ccccc4C3(C)C)=C2C(C2=C(C=CC3=[N+](C)c4ccccc4C3(C)C)CCCC2=CC=C2N(C)c3ccccc3C2(C)C)C2=C(C=CC3[NH+](C)c4ccccc4C3(C)C)CCCC2=CC=C2N(C)c3ccccc3C2(C)C)C(C)(C)c2ccccc21. The van der Waals surface area contributed by atoms with Crippen LogP contribution in [0.1, 0.15) is 174 Å². The second-order valence-electron chi connectivity index (χ2n) is 34.3. The number of hydrogen-bond donors (Lipinski definition) is 1. The van der Waals surface area contributed by atoms with E-state index in [9.17, 15) is 0 Å². The first-order valence-electron chi connectivity index (χ1n) is 38.5. The van der Waals surface area contributed by atoms with E-state index in [2.05, 4.69) is 368 Å². The van der Waals surface area contributed by atoms with Crippen molar-refractivity contribution in [2.24, 2.45) is 5.92 Å². The number of fused-ring (bicyclic) bond motifs is 6. The lowest BCUT2D eigenvalue weighted by atomic mass is 9.64. The zero-order valence-corrected chi connectivity index (χ0v) is 65.0. The third kappa shape index (κ3) is 11.3. The molecule has 2 atom stereocenters. The minimum absolute atomic E-state index is 0.0953. The first kappa shape index (κ1) is 69.6. The van der Waals surface area contributed by atoms with E-state index in [0.717, 1.165) is 57.8 Å². The number of anilines is 3. The smallest absolute Gasteiger partial charge is 0.209 e. The molecule has 0 bridgehead atoms. The zero-order valence-electron chi connectivity index (χ0n) is 65.0. The van der Waals surface area contributed by atoms with E-state index in [1.807, 2.05) is 0 Å². The standard InChI is InChI=1S/C97H110N6/c1-92(2)70-40-19-25-46-76(70)98(13)82(92)58-52-64-34-31-35-65(53-59-83-93(3,4)71-41-20-26-47-77(71)99(83)14)88(64)91(89-66(54-60-84-94(5,6)72-42-21-27-48-78(72)100(84)15)36-32-37-67(89)55-61-85-95(7,8)73-43-22-28-49-79(73)101(85)16)90-68(56-62-86-96(9,10)74-44-23-29-50-80(74)102(86)17)38-33-39-69(90)57-63-87-97(11,12)75-45-24-30-51-81(75)103(87)18/h19-30,40-63,82,91H,31-39H2,1-18H3/q+2/p+1. The predicted octanol–water partition coefficient (Wildman–Crippen LogP) is 21.3. The first-order chi connectivity index (χ1) is 49.2. The highest BCUT2D eigenvalue weighted by atomic mass is 15.2. The van der Waals surface area contributed by atoms with Crippen LogP contribution in [0.2, 0.25) is 0 Å². The van der Waals surface area contributed by atoms with Crippen LogP contribution in [0.3, 0.4) is 0 Å². The fraction of sp³-hybridized carbons (Fsp3) is 0.361. The van der Waals surface area contributed by atoms with Crippen molar-refractivity contribution in [3.63, 3.8) is 0 Å². The molecule has 2 unspecified atom stereocenters. The Hall–Kier alpha value is -9.10. The lowest BCUT2D eigenvalue weighted by molar-refractivity contribution is -0.828. The molecule has 526 valence electrons. The summed E-state index contributed by atoms with van der Waals surface area (Å²) in [6.45, 7) is 29.3. The molecule has 0 saturated heterocycles. The Morgan fingerprint density at radius 3 is 1.04 bits per heavy atom. The van der Waals surface area contributed by atoms with E-state index in [1.165, 1.54) is 151 Å². The van der Waals surface area contributed by atoms with E-state index in [4.69, 9.17) is 0 Å². The van der Waals surface area contributed by atoms with Gasteiger partial charge in [0.05, 0.1) is 23.3 Å². The van der Waals surface area contributed by atoms with Crippen LogP contribution in [0.4, 0.5) is 34.1 Å². The van der Waals surface area contributed by atoms with Crippen molar-refractivity contribution >= 4 is 45.5 Å². The maximum Gasteiger partial charge on any atom is 0.209 e. The van der Waals surface area contributed by atoms with Crippen molar-refractivity contribution in [2.75, 3.05) is 57.0 Å². The maximum atomic E-state index is 2.67. The van der Waals surface area contributed by atoms with Crippen LogP contribution in [0, 0.1) is 5.92 Å². The van der Waals surface area contributed by atoms with Crippen molar-refractivity contribution in [3.8, 4) is 0 Å². The summed E-state index contributed by atoms with van der Waals surface area (Å²) < 4.78 is 4.95. The Bertz CT molecular complexity index is 4770. The molecular formula is C97H111N6+3. The highest BCUT2D eigenvalue weighted by Crippen LogP contribution is 2.56. The van der Waals surface area contributed by atoms with Gasteiger partial charge in [-0.3, -0.25) is 4.90 Å². The van der Waals surface area contributed by atoms with E-state index >= 15 is 0 Å². The van der Waals surface area contributed by atoms with Crippen LogP contribution in [0.15, 0.2) is 286 Å². The molecule has 6 nitrogen and oxygen atoms in total. The van der Waals surface area contributed by atoms with Gasteiger partial charge in [-0.1, -0.05) is 187 Å². The van der Waals surface area contributed by atoms with E-state index < -0.39 is 0 Å². The molecule has 0 aromatic heterocycles. The van der Waals surface area contributed by atoms with Crippen molar-refractivity contribution in [2.45, 2.75) is 179 Å². The molecule has 6 heteroatoms. The molecule has 0 saturated carbocycles. The van der Waals surface area contributed by atoms with Crippen LogP contribution in [-0.4, -0.2) is 68.9 Å². The Balaban J connectivity index is 1.07. The van der Waals surface area contributed by atoms with E-state index in [-0.39, 0.29) is 44.4 Å². The topological polar surface area (TPSA) is 20.2 Å². The van der Waals surface area contributed by atoms with Crippen molar-refractivity contribution in [1.29, 1.82) is 0 Å². The number of nitrogens with zero attached hydrogens (tertiary/aromatic N) is 5. The molecule has 15 rings (SSSR count). The maximum absolute atomic E-state index is 2.67. The molecule has 0 spiro atoms. The number of quaternary nitrogens is 1. The molecule has 0 fully saturated rings. The van der Waals surface area contributed by atoms with Gasteiger partial charge >= 0.3 is 0 Å². The van der Waals surface area contributed by atoms with Crippen LogP contribution in [-0.2, 0) is 32.5 Å². The average Bonchev–Trinajstić information content (AvgIpc) is 1.49. The summed E-state index contributed by atoms with van der Waals surface area (Å²) in [5.41, 5.74) is 34.7. The van der Waals surface area contributed by atoms with Gasteiger partial charge in [-0.2, -0.15) is 9.15 Å². The minimum Gasteiger partial charge on any atom is -0.347 e. The van der Waals surface area contributed by atoms with Crippen LogP contribution >= 0.6 is 0 Å². The molecule has 6 aliphatic heterocycles. The number of hydrogen-bond acceptors (Lipinski definition) is 3. The quantitative estimate of drug-likeness (QED) is 0.123. The van der Waals surface area contributed by atoms with Gasteiger partial charge in [0.2, 0.25) is 11.4 Å². The van der Waals surface area contributed by atoms with Crippen molar-refractivity contribution < 1.29 is 14.1 Å². The number of nitrogens with one attached hydrogen (secondary N) is 1. The summed E-state index contributed by atoms with van der Waals surface area (Å²) in [4.78, 5) is 8.89. The Labute approximate surface area is 617 Å². The van der Waals surface area contributed by atoms with Crippen LogP contribution < -0.4 is 19.6 Å². The highest BCUT2D eigenvalue weighted by molar-refractivity contribution is 6.04. The highest BCUT2D eigenvalue weighted by Gasteiger charge is 2.49. The molecule has 6 aromatic carbocycles. The van der Waals surface area contributed by atoms with Gasteiger partial charge in [0.15, 0.2) is 11.4 Å². The van der Waals surface area contributed by atoms with Gasteiger partial charge in [-0.05, 0) is 215 Å². The van der Waals surface area contributed by atoms with Gasteiger partial charge in [0, 0.05) is 118 Å². The number of allylic oxidation sites excluding steroid dienone is 23. The van der Waals surface area contributed by atoms with Crippen LogP contribution in [0.5, 0.6) is 0 Å². The molecule has 9 aliphatic rings. The molecule has 3 aliphatic carbocycles. The second-order valence-corrected chi connectivity index (χ2v) is 34.3. The summed E-state index contributed by atoms with van der Waals surface area (Å²) in [6.07, 6.45) is 40.2. The lowest BCUT2D eigenvalue weighted by Crippen LogP contribution is -3.07. The molecule has 6 aromatic rings. The normalized spacial score (nSPS) is 25.4. The molecule has 0 amide bonds. The van der Waals surface area contributed by atoms with Gasteiger partial charge in [0.1, 0.15) is 25.8 Å². The monoisotopic (exact) mass is 1360 g/mol. The first-order valence-corrected chi connectivity index (χ1v) is 38.5. The average molecular weight is 1360 g/mol. The van der Waals surface area contributed by atoms with Gasteiger partial charge in [0.25, 0.3) is 0 Å². The number of likely N-dealkylation sites (N-methyl/N-ethyl adjacent to an activating group) is 4. The summed E-state index contributed by atoms with van der Waals surface area (Å²) in [6, 6.07) is 54.9. The largest absolute Gasteiger partial charge is 0.347 e. The summed E-state index contributed by atoms with van der Waals surface area (Å²) in [7, 11) is 13.9. The minimum atomic E-state index is -0.211. The summed E-state index contributed by atoms with van der Waals surface area (Å²) in [5, 5.41) is 0. The molecule has 6 heterocycles. The van der Waals surface area contributed by atoms with Crippen LogP contribution in [0.25, 0.3) is 0 Å². The molecule has 0 radical (unpaired) electrons. The van der Waals surface area contributed by atoms with Gasteiger partial charge in [-0.15, -0.1) is 0 Å². The van der Waals surface area contributed by atoms with Gasteiger partial charge in [-0.25, -0.2) is 0 Å². The van der Waals surface area contributed by atoms with E-state index in [1.54, 1.807) is 0 Å². The fourth-order valence-corrected chi connectivity index (χ4v) is 20.7. The predicted molar refractivity (Wildman–Crippen MR) is 436 cm³/mol. The third-order valence-electron chi connectivity index (χ3n) is 26.3. The summed E-state index contributed by atoms with van der Waals surface area (Å²) in [5.74, 6) is -0.171. The Kier molecular flexibility index (Phi) is 17.5. The molecular weight excluding hydrogens is 1250 g/mol. The Morgan fingerprint density at radius 1 is 0.369 bits per heavy atom. The molecule has 103 heavy (non-hydrogen) atoms. The number of rotatable bonds is 12. The Morgan fingerprint density at radius 2 is 0.689 bits per heavy atom. The number of benzene rings is 6. The van der Waals surface area contributed by atoms with Crippen molar-refractivity contribution in [1.82, 2.24) is 0 Å².